The van der Waals surface area contributed by atoms with Gasteiger partial charge in [0.1, 0.15) is 0 Å². The summed E-state index contributed by atoms with van der Waals surface area (Å²) < 4.78 is 5.49. The fraction of sp³-hybridized carbons (Fsp3) is 0.350. The maximum Gasteiger partial charge on any atom is 0.317 e. The third-order valence-corrected chi connectivity index (χ3v) is 4.52. The Bertz CT molecular complexity index is 688. The van der Waals surface area contributed by atoms with E-state index in [0.717, 1.165) is 16.7 Å². The van der Waals surface area contributed by atoms with Gasteiger partial charge in [-0.15, -0.1) is 0 Å². The summed E-state index contributed by atoms with van der Waals surface area (Å²) in [5.41, 5.74) is 3.20. The summed E-state index contributed by atoms with van der Waals surface area (Å²) in [6.07, 6.45) is 0. The van der Waals surface area contributed by atoms with Gasteiger partial charge >= 0.3 is 6.03 Å². The van der Waals surface area contributed by atoms with E-state index in [1.807, 2.05) is 62.4 Å². The zero-order valence-electron chi connectivity index (χ0n) is 15.0. The van der Waals surface area contributed by atoms with E-state index in [4.69, 9.17) is 16.3 Å². The van der Waals surface area contributed by atoms with Gasteiger partial charge in [-0.2, -0.15) is 0 Å². The first kappa shape index (κ1) is 19.3. The zero-order valence-corrected chi connectivity index (χ0v) is 15.7. The number of halogens is 1. The van der Waals surface area contributed by atoms with Gasteiger partial charge in [-0.25, -0.2) is 4.79 Å². The number of hydrogen-bond acceptors (Lipinski definition) is 2. The van der Waals surface area contributed by atoms with Crippen molar-refractivity contribution in [2.75, 3.05) is 13.7 Å². The summed E-state index contributed by atoms with van der Waals surface area (Å²) in [7, 11) is 1.79. The van der Waals surface area contributed by atoms with Crippen molar-refractivity contribution < 1.29 is 9.53 Å². The smallest absolute Gasteiger partial charge is 0.317 e. The normalized spacial score (nSPS) is 11.8. The maximum atomic E-state index is 12.5. The average molecular weight is 361 g/mol. The number of amides is 2. The quantitative estimate of drug-likeness (QED) is 0.772. The molecule has 25 heavy (non-hydrogen) atoms. The fourth-order valence-corrected chi connectivity index (χ4v) is 2.65. The minimum Gasteiger partial charge on any atom is -0.377 e. The highest BCUT2D eigenvalue weighted by Gasteiger charge is 2.17. The van der Waals surface area contributed by atoms with Gasteiger partial charge in [0.25, 0.3) is 0 Å². The topological polar surface area (TPSA) is 41.6 Å². The predicted molar refractivity (Wildman–Crippen MR) is 102 cm³/mol. The largest absolute Gasteiger partial charge is 0.377 e. The first-order chi connectivity index (χ1) is 12.0. The van der Waals surface area contributed by atoms with Gasteiger partial charge in [0.05, 0.1) is 12.6 Å². The number of nitrogens with zero attached hydrogens (tertiary/aromatic N) is 1. The van der Waals surface area contributed by atoms with Gasteiger partial charge in [-0.05, 0) is 42.7 Å². The molecule has 0 spiro atoms. The summed E-state index contributed by atoms with van der Waals surface area (Å²) in [6, 6.07) is 15.4. The predicted octanol–water partition coefficient (Wildman–Crippen LogP) is 4.78. The molecule has 1 N–H and O–H groups in total. The van der Waals surface area contributed by atoms with Crippen LogP contribution in [0.3, 0.4) is 0 Å². The number of benzene rings is 2. The van der Waals surface area contributed by atoms with Crippen LogP contribution >= 0.6 is 11.6 Å². The minimum atomic E-state index is -0.117. The molecule has 0 heterocycles. The second-order valence-electron chi connectivity index (χ2n) is 5.90. The lowest BCUT2D eigenvalue weighted by atomic mass is 10.1. The molecule has 4 nitrogen and oxygen atoms in total. The lowest BCUT2D eigenvalue weighted by Crippen LogP contribution is -2.38. The van der Waals surface area contributed by atoms with E-state index < -0.39 is 0 Å². The Balaban J connectivity index is 1.96. The monoisotopic (exact) mass is 360 g/mol. The van der Waals surface area contributed by atoms with Crippen LogP contribution in [0.5, 0.6) is 0 Å². The SMILES string of the molecule is CCOCc1ccccc1CNC(=O)N(C)[C@H](C)c1ccc(Cl)cc1. The van der Waals surface area contributed by atoms with E-state index >= 15 is 0 Å². The van der Waals surface area contributed by atoms with E-state index in [2.05, 4.69) is 5.32 Å². The van der Waals surface area contributed by atoms with Gasteiger partial charge in [0.2, 0.25) is 0 Å². The van der Waals surface area contributed by atoms with Crippen LogP contribution in [0, 0.1) is 0 Å². The summed E-state index contributed by atoms with van der Waals surface area (Å²) in [5, 5.41) is 3.67. The molecule has 0 saturated heterocycles. The second kappa shape index (κ2) is 9.44. The lowest BCUT2D eigenvalue weighted by molar-refractivity contribution is 0.133. The van der Waals surface area contributed by atoms with Crippen LogP contribution in [0.4, 0.5) is 4.79 Å². The molecular weight excluding hydrogens is 336 g/mol. The van der Waals surface area contributed by atoms with Gasteiger partial charge < -0.3 is 15.0 Å². The van der Waals surface area contributed by atoms with E-state index in [0.29, 0.717) is 24.8 Å². The molecule has 0 aromatic heterocycles. The van der Waals surface area contributed by atoms with Gasteiger partial charge in [0, 0.05) is 25.2 Å². The Hall–Kier alpha value is -2.04. The average Bonchev–Trinajstić information content (AvgIpc) is 2.64. The molecule has 2 aromatic carbocycles. The molecule has 2 rings (SSSR count). The summed E-state index contributed by atoms with van der Waals surface area (Å²) in [6.45, 7) is 5.66. The molecule has 5 heteroatoms. The molecule has 2 aromatic rings. The van der Waals surface area contributed by atoms with Crippen molar-refractivity contribution in [3.05, 3.63) is 70.2 Å². The standard InChI is InChI=1S/C20H25ClN2O2/c1-4-25-14-18-8-6-5-7-17(18)13-22-20(24)23(3)15(2)16-9-11-19(21)12-10-16/h5-12,15H,4,13-14H2,1-3H3,(H,22,24)/t15-/m1/s1. The number of nitrogens with one attached hydrogen (secondary N) is 1. The molecule has 1 atom stereocenters. The summed E-state index contributed by atoms with van der Waals surface area (Å²) >= 11 is 5.92. The summed E-state index contributed by atoms with van der Waals surface area (Å²) in [5.74, 6) is 0. The van der Waals surface area contributed by atoms with Crippen molar-refractivity contribution in [1.82, 2.24) is 10.2 Å². The summed E-state index contributed by atoms with van der Waals surface area (Å²) in [4.78, 5) is 14.2. The van der Waals surface area contributed by atoms with Crippen LogP contribution in [0.25, 0.3) is 0 Å². The van der Waals surface area contributed by atoms with E-state index in [1.165, 1.54) is 0 Å². The van der Waals surface area contributed by atoms with Crippen LogP contribution in [0.15, 0.2) is 48.5 Å². The molecule has 0 aliphatic heterocycles. The highest BCUT2D eigenvalue weighted by atomic mass is 35.5. The third kappa shape index (κ3) is 5.48. The molecular formula is C20H25ClN2O2. The molecule has 0 fully saturated rings. The second-order valence-corrected chi connectivity index (χ2v) is 6.34. The maximum absolute atomic E-state index is 12.5. The highest BCUT2D eigenvalue weighted by molar-refractivity contribution is 6.30. The number of carbonyl (C=O) groups is 1. The molecule has 0 saturated carbocycles. The van der Waals surface area contributed by atoms with Crippen molar-refractivity contribution in [1.29, 1.82) is 0 Å². The first-order valence-electron chi connectivity index (χ1n) is 8.43. The van der Waals surface area contributed by atoms with Crippen molar-refractivity contribution in [2.24, 2.45) is 0 Å². The van der Waals surface area contributed by atoms with Crippen LogP contribution in [0.2, 0.25) is 5.02 Å². The Morgan fingerprint density at radius 2 is 1.80 bits per heavy atom. The van der Waals surface area contributed by atoms with E-state index in [9.17, 15) is 4.79 Å². The van der Waals surface area contributed by atoms with Crippen molar-refractivity contribution in [3.8, 4) is 0 Å². The number of ether oxygens (including phenoxy) is 1. The van der Waals surface area contributed by atoms with Crippen molar-refractivity contribution in [2.45, 2.75) is 33.0 Å². The highest BCUT2D eigenvalue weighted by Crippen LogP contribution is 2.21. The number of carbonyl (C=O) groups excluding carboxylic acids is 1. The van der Waals surface area contributed by atoms with E-state index in [-0.39, 0.29) is 12.1 Å². The van der Waals surface area contributed by atoms with Crippen LogP contribution < -0.4 is 5.32 Å². The lowest BCUT2D eigenvalue weighted by Gasteiger charge is -2.26. The Morgan fingerprint density at radius 3 is 2.44 bits per heavy atom. The van der Waals surface area contributed by atoms with Crippen molar-refractivity contribution >= 4 is 17.6 Å². The van der Waals surface area contributed by atoms with Crippen molar-refractivity contribution in [3.63, 3.8) is 0 Å². The third-order valence-electron chi connectivity index (χ3n) is 4.26. The van der Waals surface area contributed by atoms with Gasteiger partial charge in [-0.3, -0.25) is 0 Å². The van der Waals surface area contributed by atoms with Gasteiger partial charge in [0.15, 0.2) is 0 Å². The minimum absolute atomic E-state index is 0.0454. The Morgan fingerprint density at radius 1 is 1.16 bits per heavy atom. The number of urea groups is 1. The first-order valence-corrected chi connectivity index (χ1v) is 8.81. The van der Waals surface area contributed by atoms with Crippen LogP contribution in [-0.2, 0) is 17.9 Å². The molecule has 0 bridgehead atoms. The molecule has 0 aliphatic rings. The Labute approximate surface area is 154 Å². The number of hydrogen-bond donors (Lipinski definition) is 1. The Kier molecular flexibility index (Phi) is 7.29. The van der Waals surface area contributed by atoms with E-state index in [1.54, 1.807) is 11.9 Å². The molecule has 0 unspecified atom stereocenters. The van der Waals surface area contributed by atoms with Crippen LogP contribution in [0.1, 0.15) is 36.6 Å². The van der Waals surface area contributed by atoms with Crippen LogP contribution in [-0.4, -0.2) is 24.6 Å². The van der Waals surface area contributed by atoms with Gasteiger partial charge in [-0.1, -0.05) is 48.0 Å². The fourth-order valence-electron chi connectivity index (χ4n) is 2.52. The zero-order chi connectivity index (χ0) is 18.2. The number of rotatable bonds is 7. The molecule has 134 valence electrons. The molecule has 2 amide bonds. The molecule has 0 aliphatic carbocycles. The molecule has 0 radical (unpaired) electrons.